The first-order valence-electron chi connectivity index (χ1n) is 6.78. The van der Waals surface area contributed by atoms with E-state index in [4.69, 9.17) is 11.6 Å². The molecule has 0 radical (unpaired) electrons. The fourth-order valence-corrected chi connectivity index (χ4v) is 2.00. The SMILES string of the molecule is C=CCN(CC=C)C(=O)CNc1cc(C(=O)NC)ccc1Cl. The molecular weight excluding hydrogens is 302 g/mol. The van der Waals surface area contributed by atoms with Crippen LogP contribution in [0.3, 0.4) is 0 Å². The normalized spacial score (nSPS) is 9.73. The number of anilines is 1. The minimum atomic E-state index is -0.217. The van der Waals surface area contributed by atoms with Gasteiger partial charge in [0.15, 0.2) is 0 Å². The summed E-state index contributed by atoms with van der Waals surface area (Å²) in [6.07, 6.45) is 3.31. The van der Waals surface area contributed by atoms with Crippen molar-refractivity contribution in [1.82, 2.24) is 10.2 Å². The van der Waals surface area contributed by atoms with E-state index in [-0.39, 0.29) is 18.4 Å². The van der Waals surface area contributed by atoms with Crippen molar-refractivity contribution >= 4 is 29.1 Å². The number of nitrogens with one attached hydrogen (secondary N) is 2. The summed E-state index contributed by atoms with van der Waals surface area (Å²) in [5, 5.41) is 5.94. The van der Waals surface area contributed by atoms with Crippen molar-refractivity contribution in [2.45, 2.75) is 0 Å². The molecule has 0 bridgehead atoms. The van der Waals surface area contributed by atoms with Gasteiger partial charge < -0.3 is 15.5 Å². The number of rotatable bonds is 8. The highest BCUT2D eigenvalue weighted by Gasteiger charge is 2.12. The van der Waals surface area contributed by atoms with E-state index in [1.807, 2.05) is 0 Å². The highest BCUT2D eigenvalue weighted by atomic mass is 35.5. The molecule has 0 fully saturated rings. The van der Waals surface area contributed by atoms with E-state index in [0.717, 1.165) is 0 Å². The molecule has 0 aliphatic carbocycles. The molecule has 1 rings (SSSR count). The molecule has 0 atom stereocenters. The van der Waals surface area contributed by atoms with Crippen LogP contribution >= 0.6 is 11.6 Å². The molecule has 0 aromatic heterocycles. The number of halogens is 1. The zero-order valence-electron chi connectivity index (χ0n) is 12.6. The molecule has 0 saturated carbocycles. The second-order valence-corrected chi connectivity index (χ2v) is 4.91. The summed E-state index contributed by atoms with van der Waals surface area (Å²) in [7, 11) is 1.55. The highest BCUT2D eigenvalue weighted by Crippen LogP contribution is 2.22. The molecule has 1 aromatic carbocycles. The number of nitrogens with zero attached hydrogens (tertiary/aromatic N) is 1. The van der Waals surface area contributed by atoms with Crippen LogP contribution in [0.4, 0.5) is 5.69 Å². The van der Waals surface area contributed by atoms with Crippen LogP contribution in [0.2, 0.25) is 5.02 Å². The zero-order chi connectivity index (χ0) is 16.5. The van der Waals surface area contributed by atoms with Crippen molar-refractivity contribution < 1.29 is 9.59 Å². The van der Waals surface area contributed by atoms with Gasteiger partial charge in [-0.2, -0.15) is 0 Å². The number of hydrogen-bond acceptors (Lipinski definition) is 3. The maximum absolute atomic E-state index is 12.1. The van der Waals surface area contributed by atoms with Crippen molar-refractivity contribution in [2.75, 3.05) is 32.0 Å². The van der Waals surface area contributed by atoms with Gasteiger partial charge in [0, 0.05) is 25.7 Å². The summed E-state index contributed by atoms with van der Waals surface area (Å²) in [6.45, 7) is 8.20. The van der Waals surface area contributed by atoms with E-state index >= 15 is 0 Å². The Morgan fingerprint density at radius 3 is 2.45 bits per heavy atom. The number of amides is 2. The predicted molar refractivity (Wildman–Crippen MR) is 90.3 cm³/mol. The molecule has 0 heterocycles. The second-order valence-electron chi connectivity index (χ2n) is 4.50. The molecule has 2 amide bonds. The lowest BCUT2D eigenvalue weighted by molar-refractivity contribution is -0.128. The predicted octanol–water partition coefficient (Wildman–Crippen LogP) is 2.31. The third-order valence-electron chi connectivity index (χ3n) is 2.94. The molecule has 0 aliphatic rings. The fourth-order valence-electron chi connectivity index (χ4n) is 1.82. The molecule has 0 unspecified atom stereocenters. The van der Waals surface area contributed by atoms with Crippen LogP contribution in [0.15, 0.2) is 43.5 Å². The van der Waals surface area contributed by atoms with E-state index in [1.54, 1.807) is 42.3 Å². The number of carbonyl (C=O) groups excluding carboxylic acids is 2. The van der Waals surface area contributed by atoms with Gasteiger partial charge in [-0.1, -0.05) is 23.8 Å². The minimum Gasteiger partial charge on any atom is -0.375 e. The summed E-state index contributed by atoms with van der Waals surface area (Å²) in [4.78, 5) is 25.3. The summed E-state index contributed by atoms with van der Waals surface area (Å²) in [6, 6.07) is 4.85. The van der Waals surface area contributed by atoms with Gasteiger partial charge in [0.1, 0.15) is 0 Å². The molecule has 2 N–H and O–H groups in total. The summed E-state index contributed by atoms with van der Waals surface area (Å²) < 4.78 is 0. The van der Waals surface area contributed by atoms with E-state index in [0.29, 0.717) is 29.4 Å². The Morgan fingerprint density at radius 1 is 1.27 bits per heavy atom. The molecule has 1 aromatic rings. The molecule has 6 heteroatoms. The van der Waals surface area contributed by atoms with Crippen LogP contribution < -0.4 is 10.6 Å². The molecule has 5 nitrogen and oxygen atoms in total. The monoisotopic (exact) mass is 321 g/mol. The smallest absolute Gasteiger partial charge is 0.251 e. The maximum Gasteiger partial charge on any atom is 0.251 e. The van der Waals surface area contributed by atoms with Crippen LogP contribution in [-0.4, -0.2) is 43.4 Å². The first kappa shape index (κ1) is 17.8. The lowest BCUT2D eigenvalue weighted by atomic mass is 10.2. The Morgan fingerprint density at radius 2 is 1.91 bits per heavy atom. The van der Waals surface area contributed by atoms with E-state index < -0.39 is 0 Å². The van der Waals surface area contributed by atoms with Crippen LogP contribution in [0.25, 0.3) is 0 Å². The van der Waals surface area contributed by atoms with Crippen LogP contribution in [0.5, 0.6) is 0 Å². The fraction of sp³-hybridized carbons (Fsp3) is 0.250. The Bertz CT molecular complexity index is 563. The molecule has 0 saturated heterocycles. The lowest BCUT2D eigenvalue weighted by Gasteiger charge is -2.20. The molecular formula is C16H20ClN3O2. The van der Waals surface area contributed by atoms with Crippen molar-refractivity contribution in [3.63, 3.8) is 0 Å². The number of hydrogen-bond donors (Lipinski definition) is 2. The molecule has 0 spiro atoms. The van der Waals surface area contributed by atoms with Crippen molar-refractivity contribution in [2.24, 2.45) is 0 Å². The van der Waals surface area contributed by atoms with Gasteiger partial charge in [0.05, 0.1) is 17.3 Å². The average molecular weight is 322 g/mol. The largest absolute Gasteiger partial charge is 0.375 e. The van der Waals surface area contributed by atoms with Crippen molar-refractivity contribution in [3.05, 3.63) is 54.1 Å². The Balaban J connectivity index is 2.77. The summed E-state index contributed by atoms with van der Waals surface area (Å²) in [5.74, 6) is -0.327. The van der Waals surface area contributed by atoms with Gasteiger partial charge in [-0.05, 0) is 18.2 Å². The van der Waals surface area contributed by atoms with Gasteiger partial charge in [-0.15, -0.1) is 13.2 Å². The van der Waals surface area contributed by atoms with Crippen molar-refractivity contribution in [3.8, 4) is 0 Å². The van der Waals surface area contributed by atoms with E-state index in [2.05, 4.69) is 23.8 Å². The Labute approximate surface area is 135 Å². The first-order valence-corrected chi connectivity index (χ1v) is 7.16. The lowest BCUT2D eigenvalue weighted by Crippen LogP contribution is -2.35. The van der Waals surface area contributed by atoms with Gasteiger partial charge in [-0.3, -0.25) is 9.59 Å². The third-order valence-corrected chi connectivity index (χ3v) is 3.27. The van der Waals surface area contributed by atoms with E-state index in [9.17, 15) is 9.59 Å². The van der Waals surface area contributed by atoms with Crippen LogP contribution in [0.1, 0.15) is 10.4 Å². The Hall–Kier alpha value is -2.27. The van der Waals surface area contributed by atoms with Crippen molar-refractivity contribution in [1.29, 1.82) is 0 Å². The van der Waals surface area contributed by atoms with E-state index in [1.165, 1.54) is 0 Å². The minimum absolute atomic E-state index is 0.0681. The molecule has 0 aliphatic heterocycles. The summed E-state index contributed by atoms with van der Waals surface area (Å²) in [5.41, 5.74) is 1.00. The standard InChI is InChI=1S/C16H20ClN3O2/c1-4-8-20(9-5-2)15(21)11-19-14-10-12(16(22)18-3)6-7-13(14)17/h4-7,10,19H,1-2,8-9,11H2,3H3,(H,18,22). The number of carbonyl (C=O) groups is 2. The first-order chi connectivity index (χ1) is 10.5. The average Bonchev–Trinajstić information content (AvgIpc) is 2.52. The highest BCUT2D eigenvalue weighted by molar-refractivity contribution is 6.33. The Kier molecular flexibility index (Phi) is 7.19. The second kappa shape index (κ2) is 8.89. The molecule has 118 valence electrons. The number of benzene rings is 1. The van der Waals surface area contributed by atoms with Gasteiger partial charge in [0.2, 0.25) is 5.91 Å². The van der Waals surface area contributed by atoms with Gasteiger partial charge in [-0.25, -0.2) is 0 Å². The third kappa shape index (κ3) is 4.93. The van der Waals surface area contributed by atoms with Gasteiger partial charge in [0.25, 0.3) is 5.91 Å². The maximum atomic E-state index is 12.1. The van der Waals surface area contributed by atoms with Crippen LogP contribution in [-0.2, 0) is 4.79 Å². The molecule has 22 heavy (non-hydrogen) atoms. The van der Waals surface area contributed by atoms with Crippen LogP contribution in [0, 0.1) is 0 Å². The van der Waals surface area contributed by atoms with Gasteiger partial charge >= 0.3 is 0 Å². The zero-order valence-corrected chi connectivity index (χ0v) is 13.3. The topological polar surface area (TPSA) is 61.4 Å². The summed E-state index contributed by atoms with van der Waals surface area (Å²) >= 11 is 6.08. The quantitative estimate of drug-likeness (QED) is 0.722.